The number of rotatable bonds is 9. The van der Waals surface area contributed by atoms with Crippen molar-refractivity contribution in [3.05, 3.63) is 71.8 Å². The molecule has 0 spiro atoms. The molecule has 0 bridgehead atoms. The van der Waals surface area contributed by atoms with Gasteiger partial charge in [-0.05, 0) is 12.3 Å². The number of aliphatic imine (C=N–C) groups is 1. The first-order chi connectivity index (χ1) is 12.2. The molecule has 3 nitrogen and oxygen atoms in total. The molecule has 0 aliphatic heterocycles. The average Bonchev–Trinajstić information content (AvgIpc) is 3.47. The predicted molar refractivity (Wildman–Crippen MR) is 101 cm³/mol. The van der Waals surface area contributed by atoms with Crippen molar-refractivity contribution in [1.82, 2.24) is 0 Å². The molecule has 3 heteroatoms. The van der Waals surface area contributed by atoms with Crippen LogP contribution in [-0.4, -0.2) is 22.8 Å². The summed E-state index contributed by atoms with van der Waals surface area (Å²) in [4.78, 5) is 16.4. The molecule has 1 fully saturated rings. The van der Waals surface area contributed by atoms with Crippen LogP contribution in [0.1, 0.15) is 49.7 Å². The Morgan fingerprint density at radius 2 is 1.52 bits per heavy atom. The van der Waals surface area contributed by atoms with Gasteiger partial charge in [-0.3, -0.25) is 4.99 Å². The van der Waals surface area contributed by atoms with Gasteiger partial charge < -0.3 is 5.11 Å². The molecule has 25 heavy (non-hydrogen) atoms. The third-order valence-corrected chi connectivity index (χ3v) is 4.70. The van der Waals surface area contributed by atoms with Crippen molar-refractivity contribution >= 4 is 11.7 Å². The second kappa shape index (κ2) is 8.61. The number of hydrogen-bond donors (Lipinski definition) is 1. The molecule has 0 amide bonds. The van der Waals surface area contributed by atoms with Crippen molar-refractivity contribution < 1.29 is 9.90 Å². The van der Waals surface area contributed by atoms with Crippen molar-refractivity contribution in [2.45, 2.75) is 44.6 Å². The minimum absolute atomic E-state index is 0.602. The Morgan fingerprint density at radius 1 is 0.960 bits per heavy atom. The lowest BCUT2D eigenvalue weighted by atomic mass is 10.0. The quantitative estimate of drug-likeness (QED) is 0.521. The molecule has 3 rings (SSSR count). The molecule has 1 saturated carbocycles. The molecule has 1 aliphatic rings. The zero-order chi connectivity index (χ0) is 17.5. The highest BCUT2D eigenvalue weighted by atomic mass is 16.4. The molecule has 1 atom stereocenters. The average molecular weight is 335 g/mol. The Morgan fingerprint density at radius 3 is 2.00 bits per heavy atom. The van der Waals surface area contributed by atoms with Crippen molar-refractivity contribution in [3.8, 4) is 0 Å². The third-order valence-electron chi connectivity index (χ3n) is 4.70. The zero-order valence-electron chi connectivity index (χ0n) is 14.5. The molecule has 0 aromatic heterocycles. The number of carboxylic acid groups (broad SMARTS) is 1. The predicted octanol–water partition coefficient (Wildman–Crippen LogP) is 4.95. The van der Waals surface area contributed by atoms with Crippen LogP contribution in [0.4, 0.5) is 0 Å². The maximum atomic E-state index is 11.7. The summed E-state index contributed by atoms with van der Waals surface area (Å²) < 4.78 is 0. The van der Waals surface area contributed by atoms with Crippen LogP contribution in [0.5, 0.6) is 0 Å². The molecule has 0 saturated heterocycles. The van der Waals surface area contributed by atoms with E-state index in [1.807, 2.05) is 60.7 Å². The largest absolute Gasteiger partial charge is 0.480 e. The van der Waals surface area contributed by atoms with Gasteiger partial charge >= 0.3 is 5.97 Å². The minimum atomic E-state index is -0.837. The van der Waals surface area contributed by atoms with Gasteiger partial charge in [-0.1, -0.05) is 92.8 Å². The molecule has 1 aliphatic carbocycles. The summed E-state index contributed by atoms with van der Waals surface area (Å²) in [5.74, 6) is 0.0618. The summed E-state index contributed by atoms with van der Waals surface area (Å²) >= 11 is 0. The molecular weight excluding hydrogens is 310 g/mol. The normalized spacial score (nSPS) is 14.7. The molecule has 2 aromatic carbocycles. The first kappa shape index (κ1) is 17.4. The van der Waals surface area contributed by atoms with E-state index >= 15 is 0 Å². The molecule has 0 heterocycles. The van der Waals surface area contributed by atoms with Crippen LogP contribution < -0.4 is 0 Å². The van der Waals surface area contributed by atoms with E-state index in [-0.39, 0.29) is 0 Å². The van der Waals surface area contributed by atoms with Crippen LogP contribution in [0.15, 0.2) is 65.7 Å². The number of hydrogen-bond acceptors (Lipinski definition) is 2. The molecule has 1 unspecified atom stereocenters. The summed E-state index contributed by atoms with van der Waals surface area (Å²) in [6.07, 6.45) is 6.58. The minimum Gasteiger partial charge on any atom is -0.480 e. The Hall–Kier alpha value is -2.42. The van der Waals surface area contributed by atoms with E-state index in [1.54, 1.807) is 0 Å². The van der Waals surface area contributed by atoms with Gasteiger partial charge in [0.2, 0.25) is 0 Å². The third kappa shape index (κ3) is 5.28. The van der Waals surface area contributed by atoms with E-state index in [1.165, 1.54) is 19.3 Å². The van der Waals surface area contributed by atoms with Crippen molar-refractivity contribution in [2.24, 2.45) is 10.9 Å². The summed E-state index contributed by atoms with van der Waals surface area (Å²) in [7, 11) is 0. The van der Waals surface area contributed by atoms with Crippen molar-refractivity contribution in [2.75, 3.05) is 0 Å². The molecule has 1 N–H and O–H groups in total. The number of aliphatic carboxylic acids is 1. The van der Waals surface area contributed by atoms with Gasteiger partial charge in [0.1, 0.15) is 6.04 Å². The second-order valence-corrected chi connectivity index (χ2v) is 6.79. The van der Waals surface area contributed by atoms with E-state index in [2.05, 4.69) is 4.99 Å². The lowest BCUT2D eigenvalue weighted by molar-refractivity contribution is -0.138. The summed E-state index contributed by atoms with van der Waals surface area (Å²) in [5, 5.41) is 9.63. The van der Waals surface area contributed by atoms with E-state index in [0.29, 0.717) is 6.42 Å². The zero-order valence-corrected chi connectivity index (χ0v) is 14.5. The smallest absolute Gasteiger partial charge is 0.328 e. The van der Waals surface area contributed by atoms with Gasteiger partial charge in [0.15, 0.2) is 0 Å². The number of benzene rings is 2. The van der Waals surface area contributed by atoms with Crippen molar-refractivity contribution in [3.63, 3.8) is 0 Å². The first-order valence-electron chi connectivity index (χ1n) is 9.15. The van der Waals surface area contributed by atoms with Crippen LogP contribution >= 0.6 is 0 Å². The Bertz CT molecular complexity index is 664. The Kier molecular flexibility index (Phi) is 5.99. The fraction of sp³-hybridized carbons (Fsp3) is 0.364. The highest BCUT2D eigenvalue weighted by molar-refractivity contribution is 6.13. The van der Waals surface area contributed by atoms with E-state index < -0.39 is 12.0 Å². The van der Waals surface area contributed by atoms with Crippen LogP contribution in [0.3, 0.4) is 0 Å². The maximum absolute atomic E-state index is 11.7. The van der Waals surface area contributed by atoms with Gasteiger partial charge in [-0.15, -0.1) is 0 Å². The number of carbonyl (C=O) groups is 1. The van der Waals surface area contributed by atoms with Gasteiger partial charge in [0, 0.05) is 11.1 Å². The second-order valence-electron chi connectivity index (χ2n) is 6.79. The van der Waals surface area contributed by atoms with E-state index in [4.69, 9.17) is 0 Å². The number of nitrogens with zero attached hydrogens (tertiary/aromatic N) is 1. The highest BCUT2D eigenvalue weighted by Gasteiger charge is 2.22. The van der Waals surface area contributed by atoms with Gasteiger partial charge in [-0.2, -0.15) is 0 Å². The highest BCUT2D eigenvalue weighted by Crippen LogP contribution is 2.34. The first-order valence-corrected chi connectivity index (χ1v) is 9.15. The Balaban J connectivity index is 1.79. The standard InChI is InChI=1S/C22H25NO2/c24-22(25)20(14-8-7-9-17-15-16-17)23-21(18-10-3-1-4-11-18)19-12-5-2-6-13-19/h1-6,10-13,17,20H,7-9,14-16H2,(H,24,25). The Labute approximate surface area is 149 Å². The molecular formula is C22H25NO2. The lowest BCUT2D eigenvalue weighted by Crippen LogP contribution is -2.21. The maximum Gasteiger partial charge on any atom is 0.328 e. The van der Waals surface area contributed by atoms with Gasteiger partial charge in [-0.25, -0.2) is 4.79 Å². The summed E-state index contributed by atoms with van der Waals surface area (Å²) in [5.41, 5.74) is 2.67. The van der Waals surface area contributed by atoms with E-state index in [0.717, 1.165) is 35.6 Å². The summed E-state index contributed by atoms with van der Waals surface area (Å²) in [6.45, 7) is 0. The van der Waals surface area contributed by atoms with Gasteiger partial charge in [0.25, 0.3) is 0 Å². The molecule has 0 radical (unpaired) electrons. The molecule has 130 valence electrons. The van der Waals surface area contributed by atoms with Crippen LogP contribution in [0.2, 0.25) is 0 Å². The van der Waals surface area contributed by atoms with Gasteiger partial charge in [0.05, 0.1) is 5.71 Å². The van der Waals surface area contributed by atoms with Crippen LogP contribution in [0.25, 0.3) is 0 Å². The number of unbranched alkanes of at least 4 members (excludes halogenated alkanes) is 1. The summed E-state index contributed by atoms with van der Waals surface area (Å²) in [6, 6.07) is 19.0. The van der Waals surface area contributed by atoms with Crippen molar-refractivity contribution in [1.29, 1.82) is 0 Å². The van der Waals surface area contributed by atoms with Crippen LogP contribution in [0, 0.1) is 5.92 Å². The number of carboxylic acids is 1. The van der Waals surface area contributed by atoms with E-state index in [9.17, 15) is 9.90 Å². The fourth-order valence-corrected chi connectivity index (χ4v) is 3.08. The topological polar surface area (TPSA) is 49.7 Å². The fourth-order valence-electron chi connectivity index (χ4n) is 3.08. The lowest BCUT2D eigenvalue weighted by Gasteiger charge is -2.13. The SMILES string of the molecule is O=C(O)C(CCCCC1CC1)N=C(c1ccccc1)c1ccccc1. The monoisotopic (exact) mass is 335 g/mol. The molecule has 2 aromatic rings. The van der Waals surface area contributed by atoms with Crippen LogP contribution in [-0.2, 0) is 4.79 Å².